The Morgan fingerprint density at radius 1 is 1.41 bits per heavy atom. The highest BCUT2D eigenvalue weighted by atomic mass is 16.5. The normalized spacial score (nSPS) is 12.4. The first-order valence-electron chi connectivity index (χ1n) is 7.71. The van der Waals surface area contributed by atoms with E-state index in [1.807, 2.05) is 43.5 Å². The first-order valence-corrected chi connectivity index (χ1v) is 7.71. The molecule has 0 aliphatic rings. The lowest BCUT2D eigenvalue weighted by Crippen LogP contribution is -2.32. The Morgan fingerprint density at radius 3 is 2.73 bits per heavy atom. The Hall–Kier alpha value is -2.01. The lowest BCUT2D eigenvalue weighted by molar-refractivity contribution is 0.0914. The summed E-state index contributed by atoms with van der Waals surface area (Å²) in [6, 6.07) is 5.89. The van der Waals surface area contributed by atoms with Crippen LogP contribution in [-0.4, -0.2) is 34.8 Å². The van der Waals surface area contributed by atoms with Crippen LogP contribution in [-0.2, 0) is 6.54 Å². The summed E-state index contributed by atoms with van der Waals surface area (Å²) in [6.07, 6.45) is -0.562. The molecule has 0 spiro atoms. The first kappa shape index (κ1) is 16.4. The van der Waals surface area contributed by atoms with Crippen LogP contribution in [0.5, 0.6) is 5.75 Å². The molecule has 0 radical (unpaired) electrons. The standard InChI is InChI=1S/C17H24N2O3/c1-5-19-15-8-7-13(22-6-2)9-14(15)12(4)16(19)17(21)18-10-11(3)20/h7-9,11,20H,5-6,10H2,1-4H3,(H,18,21). The van der Waals surface area contributed by atoms with Gasteiger partial charge in [0.15, 0.2) is 0 Å². The molecule has 120 valence electrons. The molecule has 22 heavy (non-hydrogen) atoms. The van der Waals surface area contributed by atoms with E-state index in [-0.39, 0.29) is 12.5 Å². The number of aromatic nitrogens is 1. The summed E-state index contributed by atoms with van der Waals surface area (Å²) < 4.78 is 7.55. The minimum atomic E-state index is -0.562. The van der Waals surface area contributed by atoms with Crippen molar-refractivity contribution in [1.82, 2.24) is 9.88 Å². The highest BCUT2D eigenvalue weighted by Gasteiger charge is 2.20. The van der Waals surface area contributed by atoms with E-state index in [4.69, 9.17) is 4.74 Å². The zero-order valence-electron chi connectivity index (χ0n) is 13.6. The molecule has 1 atom stereocenters. The number of aliphatic hydroxyl groups is 1. The number of hydrogen-bond acceptors (Lipinski definition) is 3. The predicted molar refractivity (Wildman–Crippen MR) is 87.5 cm³/mol. The average Bonchev–Trinajstić information content (AvgIpc) is 2.77. The number of nitrogens with zero attached hydrogens (tertiary/aromatic N) is 1. The summed E-state index contributed by atoms with van der Waals surface area (Å²) in [6.45, 7) is 9.12. The third-order valence-corrected chi connectivity index (χ3v) is 3.69. The Morgan fingerprint density at radius 2 is 2.14 bits per heavy atom. The number of rotatable bonds is 6. The van der Waals surface area contributed by atoms with Crippen LogP contribution in [0, 0.1) is 6.92 Å². The fourth-order valence-electron chi connectivity index (χ4n) is 2.70. The van der Waals surface area contributed by atoms with E-state index < -0.39 is 6.10 Å². The number of ether oxygens (including phenoxy) is 1. The fraction of sp³-hybridized carbons (Fsp3) is 0.471. The predicted octanol–water partition coefficient (Wildman–Crippen LogP) is 2.48. The number of hydrogen-bond donors (Lipinski definition) is 2. The molecule has 1 aromatic carbocycles. The van der Waals surface area contributed by atoms with Crippen LogP contribution < -0.4 is 10.1 Å². The smallest absolute Gasteiger partial charge is 0.268 e. The summed E-state index contributed by atoms with van der Waals surface area (Å²) in [4.78, 5) is 12.5. The molecule has 0 saturated carbocycles. The molecule has 2 N–H and O–H groups in total. The molecule has 2 aromatic rings. The minimum Gasteiger partial charge on any atom is -0.494 e. The van der Waals surface area contributed by atoms with Gasteiger partial charge in [-0.25, -0.2) is 0 Å². The van der Waals surface area contributed by atoms with E-state index in [1.54, 1.807) is 6.92 Å². The number of benzene rings is 1. The van der Waals surface area contributed by atoms with Gasteiger partial charge in [0.1, 0.15) is 11.4 Å². The number of nitrogens with one attached hydrogen (secondary N) is 1. The van der Waals surface area contributed by atoms with E-state index in [1.165, 1.54) is 0 Å². The summed E-state index contributed by atoms with van der Waals surface area (Å²) in [5.74, 6) is 0.650. The van der Waals surface area contributed by atoms with Crippen LogP contribution in [0.2, 0.25) is 0 Å². The molecule has 2 rings (SSSR count). The second kappa shape index (κ2) is 6.83. The van der Waals surface area contributed by atoms with Crippen molar-refractivity contribution in [3.05, 3.63) is 29.5 Å². The van der Waals surface area contributed by atoms with Gasteiger partial charge in [0.25, 0.3) is 5.91 Å². The minimum absolute atomic E-state index is 0.158. The van der Waals surface area contributed by atoms with Crippen LogP contribution >= 0.6 is 0 Å². The second-order valence-corrected chi connectivity index (χ2v) is 5.39. The SMILES string of the molecule is CCOc1ccc2c(c1)c(C)c(C(=O)NCC(C)O)n2CC. The van der Waals surface area contributed by atoms with Crippen LogP contribution in [0.3, 0.4) is 0 Å². The van der Waals surface area contributed by atoms with Crippen molar-refractivity contribution in [3.63, 3.8) is 0 Å². The van der Waals surface area contributed by atoms with E-state index in [9.17, 15) is 9.90 Å². The average molecular weight is 304 g/mol. The number of aryl methyl sites for hydroxylation is 2. The number of fused-ring (bicyclic) bond motifs is 1. The van der Waals surface area contributed by atoms with Gasteiger partial charge in [-0.05, 0) is 51.5 Å². The molecule has 0 saturated heterocycles. The maximum Gasteiger partial charge on any atom is 0.268 e. The van der Waals surface area contributed by atoms with Gasteiger partial charge in [-0.15, -0.1) is 0 Å². The summed E-state index contributed by atoms with van der Waals surface area (Å²) in [5.41, 5.74) is 2.60. The number of aliphatic hydroxyl groups excluding tert-OH is 1. The zero-order valence-corrected chi connectivity index (χ0v) is 13.6. The zero-order chi connectivity index (χ0) is 16.3. The molecule has 1 unspecified atom stereocenters. The second-order valence-electron chi connectivity index (χ2n) is 5.39. The molecule has 1 aromatic heterocycles. The molecule has 0 fully saturated rings. The van der Waals surface area contributed by atoms with Crippen LogP contribution in [0.25, 0.3) is 10.9 Å². The lowest BCUT2D eigenvalue weighted by atomic mass is 10.1. The first-order chi connectivity index (χ1) is 10.5. The van der Waals surface area contributed by atoms with Gasteiger partial charge in [0, 0.05) is 24.0 Å². The van der Waals surface area contributed by atoms with E-state index in [0.717, 1.165) is 22.2 Å². The van der Waals surface area contributed by atoms with Gasteiger partial charge in [-0.1, -0.05) is 0 Å². The molecule has 1 heterocycles. The quantitative estimate of drug-likeness (QED) is 0.862. The van der Waals surface area contributed by atoms with Crippen LogP contribution in [0.1, 0.15) is 36.8 Å². The summed E-state index contributed by atoms with van der Waals surface area (Å²) in [5, 5.41) is 13.1. The molecule has 0 aliphatic heterocycles. The molecule has 5 nitrogen and oxygen atoms in total. The molecule has 0 bridgehead atoms. The van der Waals surface area contributed by atoms with E-state index in [2.05, 4.69) is 5.32 Å². The van der Waals surface area contributed by atoms with Crippen molar-refractivity contribution >= 4 is 16.8 Å². The molecule has 1 amide bonds. The number of amides is 1. The van der Waals surface area contributed by atoms with Gasteiger partial charge in [-0.2, -0.15) is 0 Å². The Labute approximate surface area is 130 Å². The molecular weight excluding hydrogens is 280 g/mol. The third-order valence-electron chi connectivity index (χ3n) is 3.69. The van der Waals surface area contributed by atoms with Crippen molar-refractivity contribution in [2.45, 2.75) is 40.3 Å². The Bertz CT molecular complexity index is 674. The van der Waals surface area contributed by atoms with Gasteiger partial charge < -0.3 is 19.7 Å². The fourth-order valence-corrected chi connectivity index (χ4v) is 2.70. The summed E-state index contributed by atoms with van der Waals surface area (Å²) >= 11 is 0. The molecule has 5 heteroatoms. The van der Waals surface area contributed by atoms with E-state index in [0.29, 0.717) is 18.8 Å². The van der Waals surface area contributed by atoms with Crippen molar-refractivity contribution in [3.8, 4) is 5.75 Å². The van der Waals surface area contributed by atoms with Crippen molar-refractivity contribution < 1.29 is 14.6 Å². The molecular formula is C17H24N2O3. The third kappa shape index (κ3) is 3.09. The molecule has 0 aliphatic carbocycles. The highest BCUT2D eigenvalue weighted by molar-refractivity contribution is 6.02. The summed E-state index contributed by atoms with van der Waals surface area (Å²) in [7, 11) is 0. The highest BCUT2D eigenvalue weighted by Crippen LogP contribution is 2.29. The van der Waals surface area contributed by atoms with Crippen LogP contribution in [0.15, 0.2) is 18.2 Å². The van der Waals surface area contributed by atoms with Crippen molar-refractivity contribution in [2.75, 3.05) is 13.2 Å². The van der Waals surface area contributed by atoms with Crippen molar-refractivity contribution in [2.24, 2.45) is 0 Å². The number of carbonyl (C=O) groups is 1. The largest absolute Gasteiger partial charge is 0.494 e. The number of carbonyl (C=O) groups excluding carboxylic acids is 1. The lowest BCUT2D eigenvalue weighted by Gasteiger charge is -2.11. The van der Waals surface area contributed by atoms with Crippen molar-refractivity contribution in [1.29, 1.82) is 0 Å². The van der Waals surface area contributed by atoms with Crippen LogP contribution in [0.4, 0.5) is 0 Å². The monoisotopic (exact) mass is 304 g/mol. The van der Waals surface area contributed by atoms with Gasteiger partial charge >= 0.3 is 0 Å². The Balaban J connectivity index is 2.48. The van der Waals surface area contributed by atoms with Gasteiger partial charge in [-0.3, -0.25) is 4.79 Å². The topological polar surface area (TPSA) is 63.5 Å². The van der Waals surface area contributed by atoms with Gasteiger partial charge in [0.05, 0.1) is 12.7 Å². The van der Waals surface area contributed by atoms with E-state index >= 15 is 0 Å². The maximum absolute atomic E-state index is 12.5. The van der Waals surface area contributed by atoms with Gasteiger partial charge in [0.2, 0.25) is 0 Å². The maximum atomic E-state index is 12.5. The Kier molecular flexibility index (Phi) is 5.08.